The van der Waals surface area contributed by atoms with E-state index >= 15 is 0 Å². The van der Waals surface area contributed by atoms with E-state index in [1.165, 1.54) is 4.31 Å². The highest BCUT2D eigenvalue weighted by atomic mass is 32.2. The van der Waals surface area contributed by atoms with Crippen LogP contribution in [0.5, 0.6) is 0 Å². The minimum atomic E-state index is -3.32. The van der Waals surface area contributed by atoms with Crippen LogP contribution in [0.4, 0.5) is 11.4 Å². The fourth-order valence-electron chi connectivity index (χ4n) is 2.85. The molecule has 2 amide bonds. The van der Waals surface area contributed by atoms with Crippen molar-refractivity contribution in [2.45, 2.75) is 6.42 Å². The third kappa shape index (κ3) is 4.02. The second kappa shape index (κ2) is 7.17. The number of fused-ring (bicyclic) bond motifs is 1. The molecule has 1 aliphatic rings. The highest BCUT2D eigenvalue weighted by Gasteiger charge is 2.26. The lowest BCUT2D eigenvalue weighted by molar-refractivity contribution is -0.115. The molecule has 2 aromatic rings. The summed E-state index contributed by atoms with van der Waals surface area (Å²) in [4.78, 5) is 24.1. The normalized spacial score (nSPS) is 13.2. The van der Waals surface area contributed by atoms with Crippen LogP contribution in [-0.2, 0) is 21.2 Å². The van der Waals surface area contributed by atoms with E-state index in [-0.39, 0.29) is 18.4 Å². The molecule has 1 heterocycles. The van der Waals surface area contributed by atoms with Crippen molar-refractivity contribution in [3.8, 4) is 0 Å². The Morgan fingerprint density at radius 3 is 2.54 bits per heavy atom. The Hall–Kier alpha value is -2.87. The lowest BCUT2D eigenvalue weighted by Crippen LogP contribution is -2.32. The molecule has 0 aromatic heterocycles. The zero-order valence-corrected chi connectivity index (χ0v) is 15.0. The van der Waals surface area contributed by atoms with Gasteiger partial charge in [-0.1, -0.05) is 18.2 Å². The minimum Gasteiger partial charge on any atom is -0.343 e. The first-order chi connectivity index (χ1) is 12.3. The van der Waals surface area contributed by atoms with Crippen LogP contribution < -0.4 is 14.9 Å². The summed E-state index contributed by atoms with van der Waals surface area (Å²) in [5, 5.41) is 5.25. The van der Waals surface area contributed by atoms with E-state index in [0.717, 1.165) is 11.8 Å². The van der Waals surface area contributed by atoms with E-state index in [1.807, 2.05) is 6.07 Å². The summed E-state index contributed by atoms with van der Waals surface area (Å²) in [7, 11) is -3.32. The van der Waals surface area contributed by atoms with Gasteiger partial charge in [0, 0.05) is 17.8 Å². The number of nitrogens with zero attached hydrogens (tertiary/aromatic N) is 1. The lowest BCUT2D eigenvalue weighted by Gasteiger charge is -2.16. The summed E-state index contributed by atoms with van der Waals surface area (Å²) in [6.07, 6.45) is 1.71. The smallest absolute Gasteiger partial charge is 0.251 e. The number of sulfonamides is 1. The van der Waals surface area contributed by atoms with E-state index in [2.05, 4.69) is 10.6 Å². The van der Waals surface area contributed by atoms with E-state index in [9.17, 15) is 18.0 Å². The highest BCUT2D eigenvalue weighted by molar-refractivity contribution is 7.92. The number of amides is 2. The van der Waals surface area contributed by atoms with E-state index < -0.39 is 10.0 Å². The second-order valence-corrected chi connectivity index (χ2v) is 7.93. The van der Waals surface area contributed by atoms with Crippen molar-refractivity contribution in [1.82, 2.24) is 5.32 Å². The molecule has 0 spiro atoms. The van der Waals surface area contributed by atoms with Gasteiger partial charge in [-0.2, -0.15) is 0 Å². The molecule has 136 valence electrons. The minimum absolute atomic E-state index is 0.153. The molecule has 3 rings (SSSR count). The molecule has 0 aliphatic carbocycles. The van der Waals surface area contributed by atoms with E-state index in [4.69, 9.17) is 0 Å². The second-order valence-electron chi connectivity index (χ2n) is 6.03. The maximum atomic E-state index is 12.3. The average Bonchev–Trinajstić information content (AvgIpc) is 3.04. The first-order valence-corrected chi connectivity index (χ1v) is 9.93. The van der Waals surface area contributed by atoms with Crippen LogP contribution in [0.3, 0.4) is 0 Å². The summed E-state index contributed by atoms with van der Waals surface area (Å²) in [5.41, 5.74) is 2.46. The van der Waals surface area contributed by atoms with Gasteiger partial charge in [-0.25, -0.2) is 8.42 Å². The van der Waals surface area contributed by atoms with Gasteiger partial charge in [-0.3, -0.25) is 13.9 Å². The first kappa shape index (κ1) is 17.9. The largest absolute Gasteiger partial charge is 0.343 e. The van der Waals surface area contributed by atoms with Gasteiger partial charge >= 0.3 is 0 Å². The third-order valence-electron chi connectivity index (χ3n) is 4.06. The predicted octanol–water partition coefficient (Wildman–Crippen LogP) is 1.38. The molecule has 0 radical (unpaired) electrons. The third-order valence-corrected chi connectivity index (χ3v) is 5.24. The van der Waals surface area contributed by atoms with Crippen LogP contribution >= 0.6 is 0 Å². The fourth-order valence-corrected chi connectivity index (χ4v) is 3.80. The van der Waals surface area contributed by atoms with Crippen molar-refractivity contribution < 1.29 is 18.0 Å². The Morgan fingerprint density at radius 1 is 1.12 bits per heavy atom. The molecule has 7 nitrogen and oxygen atoms in total. The Morgan fingerprint density at radius 2 is 1.85 bits per heavy atom. The van der Waals surface area contributed by atoms with Crippen molar-refractivity contribution in [3.05, 3.63) is 59.7 Å². The van der Waals surface area contributed by atoms with Crippen LogP contribution in [0, 0.1) is 0 Å². The Bertz CT molecular complexity index is 942. The summed E-state index contributed by atoms with van der Waals surface area (Å²) in [6.45, 7) is 0.221. The van der Waals surface area contributed by atoms with Gasteiger partial charge in [0.15, 0.2) is 0 Å². The van der Waals surface area contributed by atoms with Gasteiger partial charge in [0.05, 0.1) is 18.5 Å². The standard InChI is InChI=1S/C18H19N3O4S/c1-26(24,25)21-10-9-13-11-14(7-8-16(13)21)18(23)19-12-17(22)20-15-5-3-2-4-6-15/h2-8,11H,9-10,12H2,1H3,(H,19,23)(H,20,22). The lowest BCUT2D eigenvalue weighted by atomic mass is 10.1. The molecule has 0 bridgehead atoms. The van der Waals surface area contributed by atoms with Gasteiger partial charge in [-0.15, -0.1) is 0 Å². The quantitative estimate of drug-likeness (QED) is 0.828. The van der Waals surface area contributed by atoms with Crippen molar-refractivity contribution in [2.75, 3.05) is 29.0 Å². The SMILES string of the molecule is CS(=O)(=O)N1CCc2cc(C(=O)NCC(=O)Nc3ccccc3)ccc21. The number of hydrogen-bond acceptors (Lipinski definition) is 4. The Kier molecular flexibility index (Phi) is 4.94. The van der Waals surface area contributed by atoms with Crippen molar-refractivity contribution in [3.63, 3.8) is 0 Å². The number of carbonyl (C=O) groups is 2. The van der Waals surface area contributed by atoms with Crippen molar-refractivity contribution in [1.29, 1.82) is 0 Å². The van der Waals surface area contributed by atoms with Gasteiger partial charge in [0.2, 0.25) is 15.9 Å². The van der Waals surface area contributed by atoms with Gasteiger partial charge in [0.1, 0.15) is 0 Å². The predicted molar refractivity (Wildman–Crippen MR) is 99.7 cm³/mol. The number of benzene rings is 2. The van der Waals surface area contributed by atoms with Crippen LogP contribution in [-0.4, -0.2) is 39.6 Å². The number of para-hydroxylation sites is 1. The average molecular weight is 373 g/mol. The summed E-state index contributed by atoms with van der Waals surface area (Å²) in [6, 6.07) is 13.8. The molecular weight excluding hydrogens is 354 g/mol. The molecule has 0 unspecified atom stereocenters. The number of carbonyl (C=O) groups excluding carboxylic acids is 2. The molecule has 0 saturated carbocycles. The van der Waals surface area contributed by atoms with Crippen LogP contribution in [0.25, 0.3) is 0 Å². The molecular formula is C18H19N3O4S. The Balaban J connectivity index is 1.62. The highest BCUT2D eigenvalue weighted by Crippen LogP contribution is 2.30. The molecule has 2 aromatic carbocycles. The molecule has 0 saturated heterocycles. The first-order valence-electron chi connectivity index (χ1n) is 8.08. The van der Waals surface area contributed by atoms with Crippen molar-refractivity contribution >= 4 is 33.2 Å². The van der Waals surface area contributed by atoms with Crippen LogP contribution in [0.2, 0.25) is 0 Å². The number of anilines is 2. The molecule has 1 aliphatic heterocycles. The zero-order chi connectivity index (χ0) is 18.7. The molecule has 2 N–H and O–H groups in total. The number of nitrogens with one attached hydrogen (secondary N) is 2. The molecule has 26 heavy (non-hydrogen) atoms. The Labute approximate surface area is 152 Å². The van der Waals surface area contributed by atoms with Gasteiger partial charge < -0.3 is 10.6 Å². The van der Waals surface area contributed by atoms with Gasteiger partial charge in [0.25, 0.3) is 5.91 Å². The van der Waals surface area contributed by atoms with E-state index in [1.54, 1.807) is 42.5 Å². The van der Waals surface area contributed by atoms with Crippen molar-refractivity contribution in [2.24, 2.45) is 0 Å². The zero-order valence-electron chi connectivity index (χ0n) is 14.2. The summed E-state index contributed by atoms with van der Waals surface area (Å²) < 4.78 is 24.8. The molecule has 0 atom stereocenters. The van der Waals surface area contributed by atoms with Crippen LogP contribution in [0.1, 0.15) is 15.9 Å². The number of rotatable bonds is 5. The van der Waals surface area contributed by atoms with Gasteiger partial charge in [-0.05, 0) is 42.3 Å². The fraction of sp³-hybridized carbons (Fsp3) is 0.222. The number of hydrogen-bond donors (Lipinski definition) is 2. The topological polar surface area (TPSA) is 95.6 Å². The maximum absolute atomic E-state index is 12.3. The van der Waals surface area contributed by atoms with Crippen LogP contribution in [0.15, 0.2) is 48.5 Å². The molecule has 0 fully saturated rings. The maximum Gasteiger partial charge on any atom is 0.251 e. The molecule has 8 heteroatoms. The summed E-state index contributed by atoms with van der Waals surface area (Å²) >= 11 is 0. The summed E-state index contributed by atoms with van der Waals surface area (Å²) in [5.74, 6) is -0.706. The monoisotopic (exact) mass is 373 g/mol. The van der Waals surface area contributed by atoms with E-state index in [0.29, 0.717) is 29.9 Å².